The molecule has 0 N–H and O–H groups in total. The number of ether oxygens (including phenoxy) is 1. The van der Waals surface area contributed by atoms with Crippen LogP contribution in [-0.4, -0.2) is 24.0 Å². The van der Waals surface area contributed by atoms with Gasteiger partial charge in [-0.1, -0.05) is 221 Å². The fourth-order valence-corrected chi connectivity index (χ4v) is 10.2. The first-order valence-corrected chi connectivity index (χ1v) is 33.3. The number of carbonyl (C=O) groups excluding carboxylic acids is 1. The van der Waals surface area contributed by atoms with Gasteiger partial charge in [-0.3, -0.25) is 4.90 Å². The van der Waals surface area contributed by atoms with E-state index in [1.807, 2.05) is 72.8 Å². The fraction of sp³-hybridized carbons (Fsp3) is 0.422. The van der Waals surface area contributed by atoms with Crippen LogP contribution >= 0.6 is 0 Å². The minimum absolute atomic E-state index is 0.270. The molecule has 0 bridgehead atoms. The molecule has 0 heterocycles. The quantitative estimate of drug-likeness (QED) is 0.0255. The Morgan fingerprint density at radius 2 is 0.842 bits per heavy atom. The van der Waals surface area contributed by atoms with Gasteiger partial charge >= 0.3 is 5.97 Å². The molecule has 0 spiro atoms. The van der Waals surface area contributed by atoms with Crippen molar-refractivity contribution >= 4 is 5.97 Å². The highest BCUT2D eigenvalue weighted by molar-refractivity contribution is 5.81. The van der Waals surface area contributed by atoms with Crippen LogP contribution in [0.4, 0.5) is 0 Å². The van der Waals surface area contributed by atoms with Gasteiger partial charge in [-0.15, -0.1) is 0 Å². The molecule has 0 radical (unpaired) electrons. The van der Waals surface area contributed by atoms with Gasteiger partial charge in [-0.05, 0) is 142 Å². The lowest BCUT2D eigenvalue weighted by Crippen LogP contribution is -2.25. The van der Waals surface area contributed by atoms with E-state index in [0.717, 1.165) is 86.0 Å². The van der Waals surface area contributed by atoms with E-state index in [1.54, 1.807) is 6.92 Å². The first-order chi connectivity index (χ1) is 45.8. The molecule has 12 heteroatoms. The molecule has 0 saturated carbocycles. The molecule has 6 aromatic rings. The second-order valence-electron chi connectivity index (χ2n) is 24.5. The van der Waals surface area contributed by atoms with Crippen molar-refractivity contribution in [3.05, 3.63) is 236 Å². The molecule has 12 nitrogen and oxygen atoms in total. The Hall–Kier alpha value is -10.1. The predicted octanol–water partition coefficient (Wildman–Crippen LogP) is 20.4. The Balaban J connectivity index is 0.000000412. The molecule has 7 unspecified atom stereocenters. The molecule has 0 aromatic heterocycles. The van der Waals surface area contributed by atoms with Gasteiger partial charge in [0.05, 0.1) is 61.4 Å². The zero-order valence-corrected chi connectivity index (χ0v) is 58.2. The summed E-state index contributed by atoms with van der Waals surface area (Å²) in [6.07, 6.45) is 10.3. The Labute approximate surface area is 570 Å². The molecular weight excluding hydrogens is 1170 g/mol. The van der Waals surface area contributed by atoms with Crippen LogP contribution < -0.4 is 0 Å². The smallest absolute Gasteiger partial charge is 0.330 e. The maximum absolute atomic E-state index is 11.2. The summed E-state index contributed by atoms with van der Waals surface area (Å²) >= 11 is 0. The fourth-order valence-electron chi connectivity index (χ4n) is 10.2. The standard InChI is InChI=1S/C24H27NO2.C17H23N3.C15H15N3.C15H18N2.C12H15N/c1-4-21(23-12-6-19(7-13-23)14-15-25)16-18(3)22-10-8-20(9-11-22)17-27-24(26)5-2;1-3-15(2)17-8-6-16(7-9-17)14-20(12-4-10-18)13-5-11-19;1-4-11(2)12-5-7-13(8-6-12)15(18-3)14(9-16)10-17;1-4-12(2)14-7-5-13(6-8-14)9-15(3,10-16)11-17;1-3-10(2)12-6-4-11(5-7-12)8-9-13/h5-13,18,21H,2,4,14,16-17H2,1,3H3;6-9,15H,3-5,12-14H2,1-2H3;5-8,11,14-15H,4H2,1-2H3;5-8,12H,4,9H2,1-3H3;4-7,10H,3,8H2,1-2H3. The van der Waals surface area contributed by atoms with Crippen LogP contribution in [0.5, 0.6) is 0 Å². The van der Waals surface area contributed by atoms with Crippen LogP contribution in [0.2, 0.25) is 0 Å². The van der Waals surface area contributed by atoms with Crippen molar-refractivity contribution in [2.75, 3.05) is 13.1 Å². The number of hydrogen-bond donors (Lipinski definition) is 0. The molecular formula is C83H98N10O2. The lowest BCUT2D eigenvalue weighted by atomic mass is 9.84. The molecule has 0 aliphatic rings. The third-order valence-corrected chi connectivity index (χ3v) is 17.5. The number of nitrogens with zero attached hydrogens (tertiary/aromatic N) is 10. The molecule has 95 heavy (non-hydrogen) atoms. The van der Waals surface area contributed by atoms with Gasteiger partial charge in [0, 0.05) is 50.5 Å². The molecule has 0 fully saturated rings. The van der Waals surface area contributed by atoms with Crippen LogP contribution in [0.25, 0.3) is 4.85 Å². The topological polar surface area (TPSA) is 224 Å². The van der Waals surface area contributed by atoms with E-state index in [2.05, 4.69) is 207 Å². The first kappa shape index (κ1) is 81.0. The maximum Gasteiger partial charge on any atom is 0.330 e. The summed E-state index contributed by atoms with van der Waals surface area (Å²) in [4.78, 5) is 16.7. The summed E-state index contributed by atoms with van der Waals surface area (Å²) in [5.74, 6) is 1.86. The molecule has 7 atom stereocenters. The zero-order chi connectivity index (χ0) is 70.6. The number of hydrogen-bond acceptors (Lipinski definition) is 11. The average molecular weight is 1270 g/mol. The summed E-state index contributed by atoms with van der Waals surface area (Å²) in [7, 11) is 0. The number of esters is 1. The van der Waals surface area contributed by atoms with Crippen molar-refractivity contribution in [1.82, 2.24) is 4.90 Å². The lowest BCUT2D eigenvalue weighted by Gasteiger charge is -2.21. The summed E-state index contributed by atoms with van der Waals surface area (Å²) in [5.41, 5.74) is 13.1. The molecule has 0 aliphatic heterocycles. The van der Waals surface area contributed by atoms with E-state index >= 15 is 0 Å². The molecule has 492 valence electrons. The van der Waals surface area contributed by atoms with E-state index in [9.17, 15) is 4.79 Å². The highest BCUT2D eigenvalue weighted by Gasteiger charge is 2.28. The Bertz CT molecular complexity index is 3560. The maximum atomic E-state index is 11.2. The lowest BCUT2D eigenvalue weighted by molar-refractivity contribution is -0.138. The van der Waals surface area contributed by atoms with Crippen LogP contribution in [-0.2, 0) is 41.9 Å². The van der Waals surface area contributed by atoms with Crippen LogP contribution in [0.1, 0.15) is 236 Å². The predicted molar refractivity (Wildman–Crippen MR) is 381 cm³/mol. The second kappa shape index (κ2) is 46.0. The van der Waals surface area contributed by atoms with Crippen LogP contribution in [0.3, 0.4) is 0 Å². The number of nitriles is 8. The minimum atomic E-state index is -0.919. The molecule has 0 amide bonds. The number of rotatable bonds is 28. The SMILES string of the molecule is C=CC(=O)OCc1ccc(C(C)CC(CC)c2ccc(CC#N)cc2)cc1.CCC(C)c1ccc(CC#N)cc1.CCC(C)c1ccc(CC(C)(C#N)C#N)cc1.CCC(C)c1ccc(CN(CCC#N)CCC#N)cc1.[C-]#[N+]C(c1ccc(C(C)CC)cc1)C(C#N)C#N. The minimum Gasteiger partial charge on any atom is -0.458 e. The van der Waals surface area contributed by atoms with Gasteiger partial charge in [-0.25, -0.2) is 11.4 Å². The van der Waals surface area contributed by atoms with Crippen molar-refractivity contribution in [2.24, 2.45) is 11.3 Å². The number of benzene rings is 6. The highest BCUT2D eigenvalue weighted by Crippen LogP contribution is 2.33. The van der Waals surface area contributed by atoms with Crippen LogP contribution in [0.15, 0.2) is 158 Å². The van der Waals surface area contributed by atoms with Crippen molar-refractivity contribution in [2.45, 2.75) is 201 Å². The van der Waals surface area contributed by atoms with Crippen molar-refractivity contribution in [1.29, 1.82) is 42.1 Å². The van der Waals surface area contributed by atoms with Gasteiger partial charge in [0.25, 0.3) is 6.04 Å². The zero-order valence-electron chi connectivity index (χ0n) is 58.2. The first-order valence-electron chi connectivity index (χ1n) is 33.3. The highest BCUT2D eigenvalue weighted by atomic mass is 16.5. The van der Waals surface area contributed by atoms with Gasteiger partial charge < -0.3 is 9.58 Å². The molecule has 0 saturated heterocycles. The normalized spacial score (nSPS) is 12.5. The Morgan fingerprint density at radius 1 is 0.495 bits per heavy atom. The summed E-state index contributed by atoms with van der Waals surface area (Å²) in [6.45, 7) is 36.7. The third-order valence-electron chi connectivity index (χ3n) is 17.5. The average Bonchev–Trinajstić information content (AvgIpc) is 1.05. The van der Waals surface area contributed by atoms with Crippen molar-refractivity contribution in [3.8, 4) is 48.6 Å². The Morgan fingerprint density at radius 3 is 1.18 bits per heavy atom. The van der Waals surface area contributed by atoms with Gasteiger partial charge in [0.1, 0.15) is 12.0 Å². The van der Waals surface area contributed by atoms with Gasteiger partial charge in [0.2, 0.25) is 5.92 Å². The molecule has 6 aromatic carbocycles. The van der Waals surface area contributed by atoms with E-state index in [0.29, 0.717) is 67.6 Å². The number of carbonyl (C=O) groups is 1. The monoisotopic (exact) mass is 1270 g/mol. The Kier molecular flexibility index (Phi) is 39.3. The van der Waals surface area contributed by atoms with E-state index in [1.165, 1.54) is 45.0 Å². The molecule has 0 aliphatic carbocycles. The third kappa shape index (κ3) is 29.6. The van der Waals surface area contributed by atoms with E-state index in [4.69, 9.17) is 53.4 Å². The summed E-state index contributed by atoms with van der Waals surface area (Å²) in [6, 6.07) is 65.5. The van der Waals surface area contributed by atoms with E-state index in [-0.39, 0.29) is 6.61 Å². The van der Waals surface area contributed by atoms with Crippen molar-refractivity contribution < 1.29 is 9.53 Å². The second-order valence-corrected chi connectivity index (χ2v) is 24.5. The van der Waals surface area contributed by atoms with Gasteiger partial charge in [0.15, 0.2) is 0 Å². The molecule has 6 rings (SSSR count). The van der Waals surface area contributed by atoms with Gasteiger partial charge in [-0.2, -0.15) is 42.1 Å². The summed E-state index contributed by atoms with van der Waals surface area (Å²) < 4.78 is 5.07. The summed E-state index contributed by atoms with van der Waals surface area (Å²) in [5, 5.41) is 70.3. The largest absolute Gasteiger partial charge is 0.458 e. The van der Waals surface area contributed by atoms with Crippen molar-refractivity contribution in [3.63, 3.8) is 0 Å². The van der Waals surface area contributed by atoms with Crippen LogP contribution in [0, 0.1) is 109 Å². The van der Waals surface area contributed by atoms with E-state index < -0.39 is 23.3 Å².